The number of hydrogen-bond acceptors (Lipinski definition) is 5. The molecule has 4 rings (SSSR count). The van der Waals surface area contributed by atoms with Gasteiger partial charge in [-0.3, -0.25) is 4.79 Å². The lowest BCUT2D eigenvalue weighted by Gasteiger charge is -2.12. The molecule has 7 heteroatoms. The minimum Gasteiger partial charge on any atom is -0.381 e. The number of aryl methyl sites for hydroxylation is 1. The van der Waals surface area contributed by atoms with E-state index in [1.165, 1.54) is 12.1 Å². The molecule has 0 radical (unpaired) electrons. The molecule has 1 aromatic carbocycles. The number of nitrogens with one attached hydrogen (secondary N) is 2. The molecule has 0 aliphatic carbocycles. The lowest BCUT2D eigenvalue weighted by molar-refractivity contribution is 0.193. The molecule has 3 aromatic rings. The van der Waals surface area contributed by atoms with Gasteiger partial charge >= 0.3 is 0 Å². The first kappa shape index (κ1) is 16.7. The van der Waals surface area contributed by atoms with Gasteiger partial charge in [0.1, 0.15) is 17.5 Å². The van der Waals surface area contributed by atoms with E-state index in [-0.39, 0.29) is 17.3 Å². The fourth-order valence-corrected chi connectivity index (χ4v) is 3.19. The molecule has 26 heavy (non-hydrogen) atoms. The molecule has 3 heterocycles. The van der Waals surface area contributed by atoms with Gasteiger partial charge in [0.2, 0.25) is 0 Å². The van der Waals surface area contributed by atoms with Crippen LogP contribution in [-0.2, 0) is 11.3 Å². The predicted molar refractivity (Wildman–Crippen MR) is 96.8 cm³/mol. The zero-order valence-corrected chi connectivity index (χ0v) is 14.4. The third kappa shape index (κ3) is 3.43. The van der Waals surface area contributed by atoms with Gasteiger partial charge in [-0.05, 0) is 43.0 Å². The van der Waals surface area contributed by atoms with E-state index >= 15 is 0 Å². The van der Waals surface area contributed by atoms with Gasteiger partial charge in [0, 0.05) is 30.7 Å². The number of halogens is 1. The Morgan fingerprint density at radius 2 is 2.19 bits per heavy atom. The Hall–Kier alpha value is -2.80. The molecule has 0 amide bonds. The highest BCUT2D eigenvalue weighted by molar-refractivity contribution is 5.78. The van der Waals surface area contributed by atoms with E-state index in [0.717, 1.165) is 24.1 Å². The standard InChI is InChI=1S/C19H19FN4O2/c1-11-22-17(13-4-5-26-10-13)8-18(23-11)21-9-14-6-12-2-3-15(20)7-16(12)24-19(14)25/h2-3,6-8,13H,4-5,9-10H2,1H3,(H,24,25)(H,21,22,23)/t13-/m1/s1. The number of benzene rings is 1. The summed E-state index contributed by atoms with van der Waals surface area (Å²) < 4.78 is 18.7. The van der Waals surface area contributed by atoms with Crippen molar-refractivity contribution in [1.29, 1.82) is 0 Å². The first-order chi connectivity index (χ1) is 12.6. The molecule has 1 saturated heterocycles. The lowest BCUT2D eigenvalue weighted by Crippen LogP contribution is -2.16. The zero-order chi connectivity index (χ0) is 18.1. The Bertz CT molecular complexity index is 1010. The molecule has 134 valence electrons. The Kier molecular flexibility index (Phi) is 4.38. The van der Waals surface area contributed by atoms with Gasteiger partial charge in [-0.1, -0.05) is 0 Å². The van der Waals surface area contributed by atoms with Crippen molar-refractivity contribution in [3.63, 3.8) is 0 Å². The highest BCUT2D eigenvalue weighted by Crippen LogP contribution is 2.25. The van der Waals surface area contributed by atoms with Crippen molar-refractivity contribution in [2.45, 2.75) is 25.8 Å². The molecule has 6 nitrogen and oxygen atoms in total. The van der Waals surface area contributed by atoms with Gasteiger partial charge in [-0.15, -0.1) is 0 Å². The van der Waals surface area contributed by atoms with Crippen molar-refractivity contribution < 1.29 is 9.13 Å². The summed E-state index contributed by atoms with van der Waals surface area (Å²) in [6, 6.07) is 8.02. The summed E-state index contributed by atoms with van der Waals surface area (Å²) in [6.07, 6.45) is 0.955. The second-order valence-electron chi connectivity index (χ2n) is 6.49. The lowest BCUT2D eigenvalue weighted by atomic mass is 10.0. The van der Waals surface area contributed by atoms with Crippen LogP contribution in [0.15, 0.2) is 35.1 Å². The SMILES string of the molecule is Cc1nc(NCc2cc3ccc(F)cc3[nH]c2=O)cc([C@@H]2CCOC2)n1. The molecule has 1 aliphatic rings. The number of nitrogens with zero attached hydrogens (tertiary/aromatic N) is 2. The summed E-state index contributed by atoms with van der Waals surface area (Å²) in [7, 11) is 0. The molecule has 0 unspecified atom stereocenters. The number of ether oxygens (including phenoxy) is 1. The number of fused-ring (bicyclic) bond motifs is 1. The molecule has 2 aromatic heterocycles. The van der Waals surface area contributed by atoms with Crippen LogP contribution in [0, 0.1) is 12.7 Å². The number of rotatable bonds is 4. The van der Waals surface area contributed by atoms with E-state index < -0.39 is 0 Å². The van der Waals surface area contributed by atoms with Gasteiger partial charge < -0.3 is 15.0 Å². The van der Waals surface area contributed by atoms with E-state index in [1.807, 2.05) is 13.0 Å². The minimum absolute atomic E-state index is 0.245. The monoisotopic (exact) mass is 354 g/mol. The summed E-state index contributed by atoms with van der Waals surface area (Å²) in [5, 5.41) is 3.98. The van der Waals surface area contributed by atoms with Crippen molar-refractivity contribution in [2.75, 3.05) is 18.5 Å². The molecule has 1 atom stereocenters. The van der Waals surface area contributed by atoms with Crippen molar-refractivity contribution in [1.82, 2.24) is 15.0 Å². The number of anilines is 1. The number of hydrogen-bond donors (Lipinski definition) is 2. The number of pyridine rings is 1. The maximum atomic E-state index is 13.3. The maximum absolute atomic E-state index is 13.3. The summed E-state index contributed by atoms with van der Waals surface area (Å²) in [4.78, 5) is 23.9. The van der Waals surface area contributed by atoms with Crippen LogP contribution in [0.1, 0.15) is 29.4 Å². The molecule has 0 saturated carbocycles. The van der Waals surface area contributed by atoms with Crippen LogP contribution in [-0.4, -0.2) is 28.2 Å². The summed E-state index contributed by atoms with van der Waals surface area (Å²) >= 11 is 0. The van der Waals surface area contributed by atoms with Crippen LogP contribution in [0.3, 0.4) is 0 Å². The van der Waals surface area contributed by atoms with Crippen molar-refractivity contribution >= 4 is 16.7 Å². The molecular weight excluding hydrogens is 335 g/mol. The number of aromatic nitrogens is 3. The van der Waals surface area contributed by atoms with E-state index in [0.29, 0.717) is 35.9 Å². The largest absolute Gasteiger partial charge is 0.381 e. The van der Waals surface area contributed by atoms with Crippen molar-refractivity contribution in [3.05, 3.63) is 63.6 Å². The first-order valence-corrected chi connectivity index (χ1v) is 8.57. The molecular formula is C19H19FN4O2. The average molecular weight is 354 g/mol. The second-order valence-corrected chi connectivity index (χ2v) is 6.49. The predicted octanol–water partition coefficient (Wildman–Crippen LogP) is 2.88. The van der Waals surface area contributed by atoms with Crippen LogP contribution in [0.2, 0.25) is 0 Å². The molecule has 0 bridgehead atoms. The van der Waals surface area contributed by atoms with Crippen LogP contribution >= 0.6 is 0 Å². The summed E-state index contributed by atoms with van der Waals surface area (Å²) in [6.45, 7) is 3.60. The topological polar surface area (TPSA) is 79.9 Å². The molecule has 1 fully saturated rings. The van der Waals surface area contributed by atoms with E-state index in [2.05, 4.69) is 20.3 Å². The Labute approximate surface area is 149 Å². The number of H-pyrrole nitrogens is 1. The van der Waals surface area contributed by atoms with Gasteiger partial charge in [-0.25, -0.2) is 14.4 Å². The van der Waals surface area contributed by atoms with Crippen LogP contribution in [0.4, 0.5) is 10.2 Å². The van der Waals surface area contributed by atoms with Gasteiger partial charge in [-0.2, -0.15) is 0 Å². The van der Waals surface area contributed by atoms with Crippen LogP contribution in [0.5, 0.6) is 0 Å². The fourth-order valence-electron chi connectivity index (χ4n) is 3.19. The van der Waals surface area contributed by atoms with E-state index in [4.69, 9.17) is 4.74 Å². The number of aromatic amines is 1. The second kappa shape index (κ2) is 6.84. The fraction of sp³-hybridized carbons (Fsp3) is 0.316. The zero-order valence-electron chi connectivity index (χ0n) is 14.4. The summed E-state index contributed by atoms with van der Waals surface area (Å²) in [5.41, 5.74) is 1.76. The Morgan fingerprint density at radius 1 is 1.31 bits per heavy atom. The quantitative estimate of drug-likeness (QED) is 0.753. The van der Waals surface area contributed by atoms with Crippen molar-refractivity contribution in [3.8, 4) is 0 Å². The third-order valence-corrected chi connectivity index (χ3v) is 4.55. The smallest absolute Gasteiger partial charge is 0.253 e. The maximum Gasteiger partial charge on any atom is 0.253 e. The first-order valence-electron chi connectivity index (χ1n) is 8.57. The molecule has 2 N–H and O–H groups in total. The van der Waals surface area contributed by atoms with Crippen LogP contribution < -0.4 is 10.9 Å². The Balaban J connectivity index is 1.57. The summed E-state index contributed by atoms with van der Waals surface area (Å²) in [5.74, 6) is 1.27. The third-order valence-electron chi connectivity index (χ3n) is 4.55. The van der Waals surface area contributed by atoms with Gasteiger partial charge in [0.25, 0.3) is 5.56 Å². The normalized spacial score (nSPS) is 16.9. The van der Waals surface area contributed by atoms with Gasteiger partial charge in [0.15, 0.2) is 0 Å². The van der Waals surface area contributed by atoms with E-state index in [1.54, 1.807) is 12.1 Å². The molecule has 0 spiro atoms. The average Bonchev–Trinajstić information content (AvgIpc) is 3.14. The highest BCUT2D eigenvalue weighted by Gasteiger charge is 2.20. The highest BCUT2D eigenvalue weighted by atomic mass is 19.1. The van der Waals surface area contributed by atoms with Gasteiger partial charge in [0.05, 0.1) is 17.8 Å². The van der Waals surface area contributed by atoms with E-state index in [9.17, 15) is 9.18 Å². The minimum atomic E-state index is -0.376. The van der Waals surface area contributed by atoms with Crippen LogP contribution in [0.25, 0.3) is 10.9 Å². The Morgan fingerprint density at radius 3 is 3.00 bits per heavy atom. The van der Waals surface area contributed by atoms with Crippen molar-refractivity contribution in [2.24, 2.45) is 0 Å². The molecule has 1 aliphatic heterocycles.